The first kappa shape index (κ1) is 42.0. The SMILES string of the molecule is CCCC/C=C\C/C=C\CCCCCCCCC1(CCCCCCCC/C=C\C/C=C\CCCC)O[C@@H]2CC[C@@H](CN(C)C)C[C@H]2O1. The van der Waals surface area contributed by atoms with E-state index in [9.17, 15) is 0 Å². The third-order valence-corrected chi connectivity index (χ3v) is 10.2. The van der Waals surface area contributed by atoms with Gasteiger partial charge in [0.15, 0.2) is 5.79 Å². The molecule has 3 heteroatoms. The third kappa shape index (κ3) is 21.5. The average molecular weight is 654 g/mol. The van der Waals surface area contributed by atoms with Crippen molar-refractivity contribution in [1.29, 1.82) is 0 Å². The highest BCUT2D eigenvalue weighted by Gasteiger charge is 2.48. The summed E-state index contributed by atoms with van der Waals surface area (Å²) in [6, 6.07) is 0. The van der Waals surface area contributed by atoms with Crippen LogP contribution in [0.5, 0.6) is 0 Å². The predicted molar refractivity (Wildman–Crippen MR) is 207 cm³/mol. The molecule has 1 heterocycles. The average Bonchev–Trinajstić information content (AvgIpc) is 3.42. The fourth-order valence-corrected chi connectivity index (χ4v) is 7.45. The molecule has 1 aliphatic carbocycles. The van der Waals surface area contributed by atoms with E-state index in [2.05, 4.69) is 81.5 Å². The van der Waals surface area contributed by atoms with Gasteiger partial charge in [-0.25, -0.2) is 0 Å². The van der Waals surface area contributed by atoms with Gasteiger partial charge in [0, 0.05) is 19.4 Å². The summed E-state index contributed by atoms with van der Waals surface area (Å²) in [7, 11) is 4.41. The summed E-state index contributed by atoms with van der Waals surface area (Å²) in [6.07, 6.45) is 53.5. The molecule has 0 radical (unpaired) electrons. The molecule has 2 fully saturated rings. The van der Waals surface area contributed by atoms with Crippen molar-refractivity contribution in [3.63, 3.8) is 0 Å². The lowest BCUT2D eigenvalue weighted by atomic mass is 9.85. The number of ether oxygens (including phenoxy) is 2. The maximum atomic E-state index is 6.94. The standard InChI is InChI=1S/C44H79NO2/c1-5-7-9-11-13-15-17-19-21-23-25-27-29-31-33-37-44(46-42-36-35-41(40-45(3)4)39-43(42)47-44)38-34-32-30-28-26-24-22-20-18-16-14-12-10-8-6-2/h11-14,17-20,41-43H,5-10,15-16,21-40H2,1-4H3/b13-11-,14-12-,19-17-,20-18-/t41-,42-,43-/m1/s1. The number of unbranched alkanes of at least 4 members (excludes halogenated alkanes) is 16. The van der Waals surface area contributed by atoms with Crippen LogP contribution in [-0.2, 0) is 9.47 Å². The van der Waals surface area contributed by atoms with Crippen molar-refractivity contribution in [2.45, 2.75) is 205 Å². The highest BCUT2D eigenvalue weighted by molar-refractivity contribution is 4.94. The van der Waals surface area contributed by atoms with Gasteiger partial charge in [-0.1, -0.05) is 140 Å². The molecule has 1 saturated heterocycles. The van der Waals surface area contributed by atoms with Crippen LogP contribution >= 0.6 is 0 Å². The van der Waals surface area contributed by atoms with E-state index in [-0.39, 0.29) is 5.79 Å². The van der Waals surface area contributed by atoms with Crippen LogP contribution in [-0.4, -0.2) is 43.5 Å². The van der Waals surface area contributed by atoms with Crippen molar-refractivity contribution in [3.05, 3.63) is 48.6 Å². The lowest BCUT2D eigenvalue weighted by Gasteiger charge is -2.31. The van der Waals surface area contributed by atoms with Gasteiger partial charge in [0.05, 0.1) is 12.2 Å². The molecule has 3 nitrogen and oxygen atoms in total. The zero-order valence-electron chi connectivity index (χ0n) is 31.9. The van der Waals surface area contributed by atoms with Gasteiger partial charge in [-0.05, 0) is 103 Å². The van der Waals surface area contributed by atoms with Gasteiger partial charge in [-0.2, -0.15) is 0 Å². The highest BCUT2D eigenvalue weighted by atomic mass is 16.8. The van der Waals surface area contributed by atoms with Crippen LogP contribution in [0, 0.1) is 5.92 Å². The van der Waals surface area contributed by atoms with Gasteiger partial charge in [0.2, 0.25) is 0 Å². The van der Waals surface area contributed by atoms with Crippen molar-refractivity contribution >= 4 is 0 Å². The topological polar surface area (TPSA) is 21.7 Å². The second kappa shape index (κ2) is 28.7. The minimum Gasteiger partial charge on any atom is -0.344 e. The van der Waals surface area contributed by atoms with Gasteiger partial charge in [-0.3, -0.25) is 0 Å². The molecule has 0 bridgehead atoms. The Labute approximate surface area is 294 Å². The molecule has 0 spiro atoms. The molecule has 3 atom stereocenters. The second-order valence-corrected chi connectivity index (χ2v) is 15.1. The van der Waals surface area contributed by atoms with E-state index in [1.807, 2.05) is 0 Å². The van der Waals surface area contributed by atoms with Crippen molar-refractivity contribution in [2.75, 3.05) is 20.6 Å². The maximum Gasteiger partial charge on any atom is 0.169 e. The summed E-state index contributed by atoms with van der Waals surface area (Å²) in [4.78, 5) is 2.35. The second-order valence-electron chi connectivity index (χ2n) is 15.1. The molecule has 0 aromatic heterocycles. The van der Waals surface area contributed by atoms with Crippen LogP contribution in [0.3, 0.4) is 0 Å². The Balaban J connectivity index is 1.62. The Morgan fingerprint density at radius 3 is 1.40 bits per heavy atom. The zero-order valence-corrected chi connectivity index (χ0v) is 31.9. The Bertz CT molecular complexity index is 781. The van der Waals surface area contributed by atoms with Gasteiger partial charge >= 0.3 is 0 Å². The van der Waals surface area contributed by atoms with Crippen LogP contribution in [0.4, 0.5) is 0 Å². The quantitative estimate of drug-likeness (QED) is 0.0569. The summed E-state index contributed by atoms with van der Waals surface area (Å²) in [5.41, 5.74) is 0. The van der Waals surface area contributed by atoms with Crippen LogP contribution in [0.25, 0.3) is 0 Å². The minimum atomic E-state index is -0.312. The summed E-state index contributed by atoms with van der Waals surface area (Å²) in [5, 5.41) is 0. The first-order valence-electron chi connectivity index (χ1n) is 20.7. The first-order valence-corrected chi connectivity index (χ1v) is 20.7. The van der Waals surface area contributed by atoms with Crippen LogP contribution in [0.2, 0.25) is 0 Å². The van der Waals surface area contributed by atoms with E-state index in [1.165, 1.54) is 154 Å². The Morgan fingerprint density at radius 2 is 0.936 bits per heavy atom. The fraction of sp³-hybridized carbons (Fsp3) is 0.818. The highest BCUT2D eigenvalue weighted by Crippen LogP contribution is 2.44. The van der Waals surface area contributed by atoms with E-state index < -0.39 is 0 Å². The minimum absolute atomic E-state index is 0.312. The number of allylic oxidation sites excluding steroid dienone is 8. The Morgan fingerprint density at radius 1 is 0.511 bits per heavy atom. The Hall–Kier alpha value is -1.16. The van der Waals surface area contributed by atoms with E-state index in [4.69, 9.17) is 9.47 Å². The smallest absolute Gasteiger partial charge is 0.169 e. The lowest BCUT2D eigenvalue weighted by molar-refractivity contribution is -0.186. The molecular weight excluding hydrogens is 574 g/mol. The predicted octanol–water partition coefficient (Wildman–Crippen LogP) is 13.5. The third-order valence-electron chi connectivity index (χ3n) is 10.2. The molecule has 0 aromatic carbocycles. The van der Waals surface area contributed by atoms with Gasteiger partial charge in [0.1, 0.15) is 0 Å². The molecule has 1 aliphatic heterocycles. The lowest BCUT2D eigenvalue weighted by Crippen LogP contribution is -2.35. The molecular formula is C44H79NO2. The number of nitrogens with zero attached hydrogens (tertiary/aromatic N) is 1. The van der Waals surface area contributed by atoms with E-state index >= 15 is 0 Å². The zero-order chi connectivity index (χ0) is 33.7. The van der Waals surface area contributed by atoms with Crippen LogP contribution < -0.4 is 0 Å². The summed E-state index contributed by atoms with van der Waals surface area (Å²) < 4.78 is 13.8. The molecule has 2 aliphatic rings. The van der Waals surface area contributed by atoms with Crippen molar-refractivity contribution in [3.8, 4) is 0 Å². The van der Waals surface area contributed by atoms with Crippen LogP contribution in [0.1, 0.15) is 187 Å². The van der Waals surface area contributed by atoms with E-state index in [0.29, 0.717) is 12.2 Å². The monoisotopic (exact) mass is 654 g/mol. The van der Waals surface area contributed by atoms with E-state index in [1.54, 1.807) is 0 Å². The molecule has 2 rings (SSSR count). The number of rotatable bonds is 30. The van der Waals surface area contributed by atoms with E-state index in [0.717, 1.165) is 31.6 Å². The summed E-state index contributed by atoms with van der Waals surface area (Å²) in [6.45, 7) is 5.70. The van der Waals surface area contributed by atoms with Gasteiger partial charge < -0.3 is 14.4 Å². The van der Waals surface area contributed by atoms with Crippen molar-refractivity contribution in [2.24, 2.45) is 5.92 Å². The van der Waals surface area contributed by atoms with Gasteiger partial charge in [0.25, 0.3) is 0 Å². The molecule has 1 saturated carbocycles. The fourth-order valence-electron chi connectivity index (χ4n) is 7.45. The first-order chi connectivity index (χ1) is 23.1. The van der Waals surface area contributed by atoms with Crippen molar-refractivity contribution < 1.29 is 9.47 Å². The number of fused-ring (bicyclic) bond motifs is 1. The Kier molecular flexibility index (Phi) is 25.6. The van der Waals surface area contributed by atoms with Crippen LogP contribution in [0.15, 0.2) is 48.6 Å². The summed E-state index contributed by atoms with van der Waals surface area (Å²) >= 11 is 0. The maximum absolute atomic E-state index is 6.94. The largest absolute Gasteiger partial charge is 0.344 e. The van der Waals surface area contributed by atoms with Gasteiger partial charge in [-0.15, -0.1) is 0 Å². The molecule has 0 aromatic rings. The number of hydrogen-bond donors (Lipinski definition) is 0. The molecule has 272 valence electrons. The summed E-state index contributed by atoms with van der Waals surface area (Å²) in [5.74, 6) is 0.438. The molecule has 0 unspecified atom stereocenters. The number of hydrogen-bond acceptors (Lipinski definition) is 3. The van der Waals surface area contributed by atoms with Crippen molar-refractivity contribution in [1.82, 2.24) is 4.90 Å². The molecule has 0 N–H and O–H groups in total. The normalized spacial score (nSPS) is 21.4. The molecule has 47 heavy (non-hydrogen) atoms. The molecule has 0 amide bonds.